The van der Waals surface area contributed by atoms with Crippen molar-refractivity contribution in [2.24, 2.45) is 0 Å². The molecule has 0 saturated heterocycles. The molecule has 0 N–H and O–H groups in total. The van der Waals surface area contributed by atoms with Crippen LogP contribution in [0.5, 0.6) is 0 Å². The van der Waals surface area contributed by atoms with Gasteiger partial charge in [-0.05, 0) is 23.6 Å². The Morgan fingerprint density at radius 2 is 1.79 bits per heavy atom. The van der Waals surface area contributed by atoms with Crippen molar-refractivity contribution in [3.63, 3.8) is 0 Å². The zero-order valence-electron chi connectivity index (χ0n) is 10.8. The summed E-state index contributed by atoms with van der Waals surface area (Å²) in [5, 5.41) is 0.607. The molecule has 98 valence electrons. The van der Waals surface area contributed by atoms with Crippen LogP contribution in [0.1, 0.15) is 16.8 Å². The quantitative estimate of drug-likeness (QED) is 0.780. The van der Waals surface area contributed by atoms with E-state index in [9.17, 15) is 0 Å². The van der Waals surface area contributed by atoms with Crippen LogP contribution >= 0.6 is 11.6 Å². The zero-order chi connectivity index (χ0) is 13.1. The molecule has 2 heterocycles. The second kappa shape index (κ2) is 5.72. The summed E-state index contributed by atoms with van der Waals surface area (Å²) in [7, 11) is 0. The van der Waals surface area contributed by atoms with Crippen molar-refractivity contribution in [3.05, 3.63) is 64.4 Å². The average Bonchev–Trinajstić information content (AvgIpc) is 2.63. The fourth-order valence-corrected chi connectivity index (χ4v) is 2.77. The SMILES string of the molecule is Clc1ccc2c(n1)CCN(Cc1ccccc1)CC2. The van der Waals surface area contributed by atoms with Crippen LogP contribution in [-0.2, 0) is 19.4 Å². The van der Waals surface area contributed by atoms with E-state index in [0.717, 1.165) is 32.5 Å². The maximum atomic E-state index is 5.97. The molecule has 0 spiro atoms. The van der Waals surface area contributed by atoms with Gasteiger partial charge in [-0.1, -0.05) is 48.0 Å². The molecule has 1 aromatic carbocycles. The van der Waals surface area contributed by atoms with Crippen molar-refractivity contribution in [2.75, 3.05) is 13.1 Å². The summed E-state index contributed by atoms with van der Waals surface area (Å²) in [6.45, 7) is 3.16. The third-order valence-corrected chi connectivity index (χ3v) is 3.86. The van der Waals surface area contributed by atoms with Gasteiger partial charge in [0.1, 0.15) is 5.15 Å². The van der Waals surface area contributed by atoms with E-state index in [1.165, 1.54) is 16.8 Å². The molecule has 19 heavy (non-hydrogen) atoms. The number of aromatic nitrogens is 1. The Labute approximate surface area is 119 Å². The summed E-state index contributed by atoms with van der Waals surface area (Å²) in [5.41, 5.74) is 3.89. The first kappa shape index (κ1) is 12.6. The second-order valence-corrected chi connectivity index (χ2v) is 5.39. The Balaban J connectivity index is 1.70. The number of rotatable bonds is 2. The van der Waals surface area contributed by atoms with Crippen molar-refractivity contribution in [2.45, 2.75) is 19.4 Å². The molecule has 0 bridgehead atoms. The van der Waals surface area contributed by atoms with Gasteiger partial charge in [-0.15, -0.1) is 0 Å². The first-order valence-electron chi connectivity index (χ1n) is 6.72. The topological polar surface area (TPSA) is 16.1 Å². The molecule has 3 heteroatoms. The van der Waals surface area contributed by atoms with E-state index in [0.29, 0.717) is 5.15 Å². The average molecular weight is 273 g/mol. The molecule has 0 atom stereocenters. The Morgan fingerprint density at radius 3 is 2.63 bits per heavy atom. The highest BCUT2D eigenvalue weighted by Crippen LogP contribution is 2.18. The molecule has 1 aliphatic rings. The molecule has 2 nitrogen and oxygen atoms in total. The van der Waals surface area contributed by atoms with Gasteiger partial charge < -0.3 is 0 Å². The Hall–Kier alpha value is -1.38. The number of fused-ring (bicyclic) bond motifs is 1. The Morgan fingerprint density at radius 1 is 1.00 bits per heavy atom. The van der Waals surface area contributed by atoms with E-state index in [-0.39, 0.29) is 0 Å². The fourth-order valence-electron chi connectivity index (χ4n) is 2.60. The maximum absolute atomic E-state index is 5.97. The van der Waals surface area contributed by atoms with Gasteiger partial charge in [0.15, 0.2) is 0 Å². The number of benzene rings is 1. The first-order chi connectivity index (χ1) is 9.31. The smallest absolute Gasteiger partial charge is 0.129 e. The summed E-state index contributed by atoms with van der Waals surface area (Å²) in [6, 6.07) is 14.7. The van der Waals surface area contributed by atoms with E-state index >= 15 is 0 Å². The minimum Gasteiger partial charge on any atom is -0.298 e. The predicted molar refractivity (Wildman–Crippen MR) is 78.4 cm³/mol. The summed E-state index contributed by atoms with van der Waals surface area (Å²) < 4.78 is 0. The van der Waals surface area contributed by atoms with Gasteiger partial charge in [0.05, 0.1) is 0 Å². The normalized spacial score (nSPS) is 15.8. The maximum Gasteiger partial charge on any atom is 0.129 e. The van der Waals surface area contributed by atoms with Crippen LogP contribution in [0, 0.1) is 0 Å². The lowest BCUT2D eigenvalue weighted by atomic mass is 10.1. The third kappa shape index (κ3) is 3.14. The van der Waals surface area contributed by atoms with Crippen molar-refractivity contribution in [1.29, 1.82) is 0 Å². The fraction of sp³-hybridized carbons (Fsp3) is 0.312. The molecule has 0 amide bonds. The molecular formula is C16H17ClN2. The summed E-state index contributed by atoms with van der Waals surface area (Å²) in [4.78, 5) is 6.94. The van der Waals surface area contributed by atoms with Gasteiger partial charge in [-0.3, -0.25) is 4.90 Å². The molecule has 1 aliphatic heterocycles. The van der Waals surface area contributed by atoms with Gasteiger partial charge in [-0.25, -0.2) is 4.98 Å². The van der Waals surface area contributed by atoms with Gasteiger partial charge in [-0.2, -0.15) is 0 Å². The van der Waals surface area contributed by atoms with Crippen molar-refractivity contribution < 1.29 is 0 Å². The van der Waals surface area contributed by atoms with Crippen LogP contribution in [0.15, 0.2) is 42.5 Å². The van der Waals surface area contributed by atoms with Crippen molar-refractivity contribution in [1.82, 2.24) is 9.88 Å². The molecule has 0 saturated carbocycles. The number of pyridine rings is 1. The van der Waals surface area contributed by atoms with E-state index in [1.54, 1.807) is 0 Å². The molecular weight excluding hydrogens is 256 g/mol. The first-order valence-corrected chi connectivity index (χ1v) is 7.09. The van der Waals surface area contributed by atoms with Gasteiger partial charge in [0.25, 0.3) is 0 Å². The molecule has 1 aromatic heterocycles. The molecule has 2 aromatic rings. The molecule has 0 unspecified atom stereocenters. The van der Waals surface area contributed by atoms with Crippen LogP contribution < -0.4 is 0 Å². The standard InChI is InChI=1S/C16H17ClN2/c17-16-7-6-14-8-10-19(11-9-15(14)18-16)12-13-4-2-1-3-5-13/h1-7H,8-12H2. The number of hydrogen-bond acceptors (Lipinski definition) is 2. The van der Waals surface area contributed by atoms with E-state index in [2.05, 4.69) is 46.3 Å². The monoisotopic (exact) mass is 272 g/mol. The highest BCUT2D eigenvalue weighted by Gasteiger charge is 2.15. The minimum atomic E-state index is 0.607. The van der Waals surface area contributed by atoms with Crippen molar-refractivity contribution >= 4 is 11.6 Å². The van der Waals surface area contributed by atoms with Gasteiger partial charge in [0, 0.05) is 31.7 Å². The van der Waals surface area contributed by atoms with E-state index < -0.39 is 0 Å². The van der Waals surface area contributed by atoms with Crippen LogP contribution in [0.3, 0.4) is 0 Å². The third-order valence-electron chi connectivity index (χ3n) is 3.65. The summed E-state index contributed by atoms with van der Waals surface area (Å²) in [6.07, 6.45) is 2.05. The van der Waals surface area contributed by atoms with Gasteiger partial charge >= 0.3 is 0 Å². The number of nitrogens with zero attached hydrogens (tertiary/aromatic N) is 2. The Kier molecular flexibility index (Phi) is 3.81. The largest absolute Gasteiger partial charge is 0.298 e. The van der Waals surface area contributed by atoms with Gasteiger partial charge in [0.2, 0.25) is 0 Å². The zero-order valence-corrected chi connectivity index (χ0v) is 11.6. The predicted octanol–water partition coefficient (Wildman–Crippen LogP) is 3.34. The molecule has 0 fully saturated rings. The lowest BCUT2D eigenvalue weighted by molar-refractivity contribution is 0.279. The van der Waals surface area contributed by atoms with Crippen LogP contribution in [0.25, 0.3) is 0 Å². The lowest BCUT2D eigenvalue weighted by Gasteiger charge is -2.19. The van der Waals surface area contributed by atoms with Crippen LogP contribution in [-0.4, -0.2) is 23.0 Å². The van der Waals surface area contributed by atoms with E-state index in [4.69, 9.17) is 11.6 Å². The van der Waals surface area contributed by atoms with Crippen LogP contribution in [0.4, 0.5) is 0 Å². The summed E-state index contributed by atoms with van der Waals surface area (Å²) >= 11 is 5.97. The highest BCUT2D eigenvalue weighted by molar-refractivity contribution is 6.29. The highest BCUT2D eigenvalue weighted by atomic mass is 35.5. The second-order valence-electron chi connectivity index (χ2n) is 5.00. The molecule has 3 rings (SSSR count). The lowest BCUT2D eigenvalue weighted by Crippen LogP contribution is -2.25. The number of hydrogen-bond donors (Lipinski definition) is 0. The van der Waals surface area contributed by atoms with Crippen LogP contribution in [0.2, 0.25) is 5.15 Å². The Bertz CT molecular complexity index is 554. The van der Waals surface area contributed by atoms with E-state index in [1.807, 2.05) is 6.07 Å². The molecule has 0 radical (unpaired) electrons. The minimum absolute atomic E-state index is 0.607. The molecule has 0 aliphatic carbocycles. The summed E-state index contributed by atoms with van der Waals surface area (Å²) in [5.74, 6) is 0. The number of halogens is 1. The van der Waals surface area contributed by atoms with Crippen molar-refractivity contribution in [3.8, 4) is 0 Å².